The quantitative estimate of drug-likeness (QED) is 0.0244. The molecule has 0 N–H and O–H groups in total. The van der Waals surface area contributed by atoms with E-state index in [-0.39, 0.29) is 6.61 Å². The van der Waals surface area contributed by atoms with Gasteiger partial charge in [0.05, 0.1) is 6.61 Å². The summed E-state index contributed by atoms with van der Waals surface area (Å²) in [5.74, 6) is -0.394. The summed E-state index contributed by atoms with van der Waals surface area (Å²) in [6, 6.07) is 14.8. The van der Waals surface area contributed by atoms with Crippen molar-refractivity contribution in [3.05, 3.63) is 12.2 Å². The molecule has 0 heterocycles. The Hall–Kier alpha value is 3.82. The number of hydrogen-bond acceptors (Lipinski definition) is 17. The third-order valence-corrected chi connectivity index (χ3v) is 85.0. The summed E-state index contributed by atoms with van der Waals surface area (Å²) < 4.78 is 116. The molecule has 0 aliphatic carbocycles. The predicted octanol–water partition coefficient (Wildman–Crippen LogP) is 20.3. The van der Waals surface area contributed by atoms with Crippen molar-refractivity contribution in [3.63, 3.8) is 0 Å². The molecule has 592 valence electrons. The Labute approximate surface area is 658 Å². The Bertz CT molecular complexity index is 2250. The van der Waals surface area contributed by atoms with Gasteiger partial charge in [0.15, 0.2) is 125 Å². The van der Waals surface area contributed by atoms with E-state index in [0.717, 1.165) is 78.6 Å². The fraction of sp³-hybridized carbons (Fsp3) is 0.950. The van der Waals surface area contributed by atoms with Gasteiger partial charge in [0.25, 0.3) is 0 Å². The van der Waals surface area contributed by atoms with E-state index >= 15 is 0 Å². The molecule has 0 saturated carbocycles. The zero-order chi connectivity index (χ0) is 79.1. The van der Waals surface area contributed by atoms with E-state index in [4.69, 9.17) is 66.5 Å². The van der Waals surface area contributed by atoms with Crippen molar-refractivity contribution in [2.24, 2.45) is 0 Å². The lowest BCUT2D eigenvalue weighted by Crippen LogP contribution is -2.64. The molecule has 0 atom stereocenters. The van der Waals surface area contributed by atoms with Gasteiger partial charge >= 0.3 is 32.4 Å². The third kappa shape index (κ3) is 56.7. The summed E-state index contributed by atoms with van der Waals surface area (Å²) in [5.41, 5.74) is 0.377. The molecule has 17 nitrogen and oxygen atoms in total. The second kappa shape index (κ2) is 43.5. The summed E-state index contributed by atoms with van der Waals surface area (Å²) in [5, 5.41) is 0. The van der Waals surface area contributed by atoms with Gasteiger partial charge in [-0.2, -0.15) is 0 Å². The van der Waals surface area contributed by atoms with Crippen LogP contribution < -0.4 is 0 Å². The average Bonchev–Trinajstić information content (AvgIpc) is 0.786. The maximum atomic E-state index is 13.1. The van der Waals surface area contributed by atoms with Crippen molar-refractivity contribution < 1.29 is 71.3 Å². The molecule has 0 bridgehead atoms. The number of rotatable bonds is 59. The van der Waals surface area contributed by atoms with Crippen LogP contribution in [0.5, 0.6) is 0 Å². The maximum Gasteiger partial charge on any atom is 0.469 e. The number of hydrogen-bond donors (Lipinski definition) is 0. The largest absolute Gasteiger partial charge is 0.469 e. The van der Waals surface area contributed by atoms with Gasteiger partial charge < -0.3 is 66.5 Å². The molecule has 0 saturated heterocycles. The molecular weight excluding hydrogens is 1670 g/mol. The van der Waals surface area contributed by atoms with Crippen molar-refractivity contribution in [3.8, 4) is 0 Å². The monoisotopic (exact) mass is 1820 g/mol. The van der Waals surface area contributed by atoms with Crippen molar-refractivity contribution in [1.29, 1.82) is 0 Å². The van der Waals surface area contributed by atoms with Crippen LogP contribution in [0.3, 0.4) is 0 Å². The van der Waals surface area contributed by atoms with E-state index in [1.807, 2.05) is 0 Å². The molecule has 12 radical (unpaired) electrons. The molecule has 101 heavy (non-hydrogen) atoms. The Morgan fingerprint density at radius 2 is 0.446 bits per heavy atom. The normalized spacial score (nSPS) is 14.9. The predicted molar refractivity (Wildman–Crippen MR) is 483 cm³/mol. The zero-order valence-corrected chi connectivity index (χ0v) is 96.1. The van der Waals surface area contributed by atoms with Crippen LogP contribution in [0.4, 0.5) is 0 Å². The van der Waals surface area contributed by atoms with Gasteiger partial charge in [0.2, 0.25) is 58.6 Å². The van der Waals surface area contributed by atoms with Crippen molar-refractivity contribution in [1.82, 2.24) is 0 Å². The first kappa shape index (κ1) is 105. The van der Waals surface area contributed by atoms with Crippen LogP contribution in [0, 0.1) is 0 Å². The van der Waals surface area contributed by atoms with Crippen LogP contribution in [0.25, 0.3) is 0 Å². The highest BCUT2D eigenvalue weighted by Gasteiger charge is 2.58. The average molecular weight is 1820 g/mol. The SMILES string of the molecule is C=C(C)C(=O)OCCC[Si](O[Si](C)(C)CC[Si]O[Si](C)(C)CC[Si]O[Si](C)(C)C)(O[Si](C)(C)CC[Si]O[Si](C)(C)CC[Si]O[Si](C)(C)C)O[Si](C)(C)CC[Si](O[Si](C)(C)CC[Si]O[Si](C)(C)C)(O[Si](C)(C)CC[Si]O[Si](C)(C)C)O[Si](C)(C)CC[Si](O[Si](C)(C)C)(O[Si](C)(C)C)O[Si](C)(C)C. The van der Waals surface area contributed by atoms with Gasteiger partial charge in [-0.25, -0.2) is 4.79 Å². The van der Waals surface area contributed by atoms with Crippen LogP contribution >= 0.6 is 0 Å². The van der Waals surface area contributed by atoms with Crippen LogP contribution in [0.15, 0.2) is 12.2 Å². The molecule has 0 aliphatic heterocycles. The molecule has 41 heteroatoms. The van der Waals surface area contributed by atoms with Crippen molar-refractivity contribution in [2.75, 3.05) is 6.61 Å². The van der Waals surface area contributed by atoms with Gasteiger partial charge in [0.1, 0.15) is 0 Å². The second-order valence-electron chi connectivity index (χ2n) is 39.3. The zero-order valence-electron chi connectivity index (χ0n) is 72.1. The van der Waals surface area contributed by atoms with Crippen molar-refractivity contribution in [2.45, 2.75) is 358 Å². The van der Waals surface area contributed by atoms with E-state index in [2.05, 4.69) is 249 Å². The highest BCUT2D eigenvalue weighted by atomic mass is 28.5. The summed E-state index contributed by atoms with van der Waals surface area (Å²) in [6.45, 7) is 91.3. The molecular formula is C60H154O17Si24. The lowest BCUT2D eigenvalue weighted by molar-refractivity contribution is -0.139. The van der Waals surface area contributed by atoms with Crippen LogP contribution in [0.1, 0.15) is 13.3 Å². The van der Waals surface area contributed by atoms with E-state index < -0.39 is 157 Å². The standard InChI is InChI=1S/C60H154O17Si24/c1-59(2)60(61)62-41-40-48-99(72-93(28,29)53-46-82-67-91(24,25)49-42-78-63-84(3,4)5,73-94(30,31)54-47-83-68-92(26,27)50-43-79-64-85(6,7)8)76-97(36,37)56-58-101(74-95(32,33)51-44-80-65-86(9,10)11,75-96(34,35)52-45-81-66-87(12,13)14)77-98(38,39)55-57-100(69-88(15,16)17,70-89(18,19)20)71-90(21,22)23/h1,40-58H2,2-39H3. The third-order valence-electron chi connectivity index (χ3n) is 14.4. The van der Waals surface area contributed by atoms with Crippen LogP contribution in [-0.2, 0) is 71.3 Å². The lowest BCUT2D eigenvalue weighted by atomic mass is 10.4. The van der Waals surface area contributed by atoms with Crippen LogP contribution in [0.2, 0.25) is 345 Å². The topological polar surface area (TPSA) is 165 Å². The summed E-state index contributed by atoms with van der Waals surface area (Å²) in [7, 11) is -41.2. The second-order valence-corrected chi connectivity index (χ2v) is 124. The van der Waals surface area contributed by atoms with Gasteiger partial charge in [-0.3, -0.25) is 0 Å². The Morgan fingerprint density at radius 1 is 0.248 bits per heavy atom. The lowest BCUT2D eigenvalue weighted by Gasteiger charge is -2.48. The summed E-state index contributed by atoms with van der Waals surface area (Å²) >= 11 is 0. The molecule has 0 aromatic heterocycles. The first-order chi connectivity index (χ1) is 44.8. The summed E-state index contributed by atoms with van der Waals surface area (Å²) in [4.78, 5) is 13.1. The molecule has 0 fully saturated rings. The first-order valence-electron chi connectivity index (χ1n) is 37.4. The number of carbonyl (C=O) groups excluding carboxylic acids is 1. The van der Waals surface area contributed by atoms with Gasteiger partial charge in [0, 0.05) is 23.7 Å². The van der Waals surface area contributed by atoms with E-state index in [0.29, 0.717) is 94.7 Å². The smallest absolute Gasteiger partial charge is 0.462 e. The molecule has 0 aromatic carbocycles. The van der Waals surface area contributed by atoms with Gasteiger partial charge in [-0.05, 0) is 340 Å². The highest BCUT2D eigenvalue weighted by molar-refractivity contribution is 6.95. The minimum absolute atomic E-state index is 0.205. The highest BCUT2D eigenvalue weighted by Crippen LogP contribution is 2.41. The number of esters is 1. The number of ether oxygens (including phenoxy) is 1. The molecule has 0 amide bonds. The Morgan fingerprint density at radius 3 is 0.663 bits per heavy atom. The molecule has 0 unspecified atom stereocenters. The number of carbonyl (C=O) groups is 1. The fourth-order valence-corrected chi connectivity index (χ4v) is 90.6. The Balaban J connectivity index is 8.62. The molecule has 0 rings (SSSR count). The minimum atomic E-state index is -3.72. The summed E-state index contributed by atoms with van der Waals surface area (Å²) in [6.07, 6.45) is 0.525. The van der Waals surface area contributed by atoms with Crippen molar-refractivity contribution >= 4 is 216 Å². The molecule has 0 aliphatic rings. The van der Waals surface area contributed by atoms with E-state index in [9.17, 15) is 4.79 Å². The van der Waals surface area contributed by atoms with E-state index in [1.54, 1.807) is 6.92 Å². The van der Waals surface area contributed by atoms with Crippen LogP contribution in [-0.4, -0.2) is 222 Å². The molecule has 0 spiro atoms. The minimum Gasteiger partial charge on any atom is -0.462 e. The molecule has 0 aromatic rings. The van der Waals surface area contributed by atoms with E-state index in [1.165, 1.54) is 0 Å². The van der Waals surface area contributed by atoms with Gasteiger partial charge in [-0.15, -0.1) is 0 Å². The fourth-order valence-electron chi connectivity index (χ4n) is 10.1. The first-order valence-corrected chi connectivity index (χ1v) is 98.7. The van der Waals surface area contributed by atoms with Gasteiger partial charge in [-0.1, -0.05) is 6.58 Å². The maximum absolute atomic E-state index is 13.1. The Kier molecular flexibility index (Phi) is 45.2.